The van der Waals surface area contributed by atoms with Crippen molar-refractivity contribution in [2.45, 2.75) is 63.4 Å². The van der Waals surface area contributed by atoms with E-state index >= 15 is 0 Å². The lowest BCUT2D eigenvalue weighted by atomic mass is 9.84. The molecule has 0 spiro atoms. The van der Waals surface area contributed by atoms with E-state index in [-0.39, 0.29) is 22.8 Å². The summed E-state index contributed by atoms with van der Waals surface area (Å²) in [7, 11) is -2.18. The minimum atomic E-state index is -3.78. The molecule has 0 radical (unpaired) electrons. The predicted octanol–water partition coefficient (Wildman–Crippen LogP) is 4.53. The fourth-order valence-corrected chi connectivity index (χ4v) is 7.22. The monoisotopic (exact) mass is 470 g/mol. The number of aryl methyl sites for hydroxylation is 1. The van der Waals surface area contributed by atoms with Crippen LogP contribution in [0.4, 0.5) is 0 Å². The molecule has 2 bridgehead atoms. The average molecular weight is 471 g/mol. The number of fused-ring (bicyclic) bond motifs is 2. The minimum absolute atomic E-state index is 0.0539. The third kappa shape index (κ3) is 3.96. The second-order valence-electron chi connectivity index (χ2n) is 9.51. The van der Waals surface area contributed by atoms with Crippen molar-refractivity contribution < 1.29 is 17.7 Å². The molecule has 2 aromatic heterocycles. The van der Waals surface area contributed by atoms with Gasteiger partial charge in [0.2, 0.25) is 26.7 Å². The molecule has 2 aliphatic rings. The summed E-state index contributed by atoms with van der Waals surface area (Å²) in [6.45, 7) is 5.97. The third-order valence-corrected chi connectivity index (χ3v) is 9.05. The summed E-state index contributed by atoms with van der Waals surface area (Å²) in [5.74, 6) is 2.71. The van der Waals surface area contributed by atoms with Crippen LogP contribution in [0, 0.1) is 31.6 Å². The number of hydrogen-bond donors (Lipinski definition) is 0. The van der Waals surface area contributed by atoms with Crippen molar-refractivity contribution in [2.75, 3.05) is 7.11 Å². The van der Waals surface area contributed by atoms with Crippen LogP contribution in [0.15, 0.2) is 33.9 Å². The summed E-state index contributed by atoms with van der Waals surface area (Å²) >= 11 is 0. The Morgan fingerprint density at radius 3 is 2.55 bits per heavy atom. The number of rotatable bonds is 7. The molecule has 0 aliphatic heterocycles. The normalized spacial score (nSPS) is 23.2. The molecule has 0 amide bonds. The van der Waals surface area contributed by atoms with Crippen LogP contribution in [0.2, 0.25) is 0 Å². The Morgan fingerprint density at radius 1 is 1.15 bits per heavy atom. The zero-order valence-corrected chi connectivity index (χ0v) is 20.3. The molecule has 2 heterocycles. The summed E-state index contributed by atoms with van der Waals surface area (Å²) in [4.78, 5) is 8.81. The fraction of sp³-hybridized carbons (Fsp3) is 0.542. The lowest BCUT2D eigenvalue weighted by Gasteiger charge is -2.30. The Kier molecular flexibility index (Phi) is 5.55. The zero-order chi connectivity index (χ0) is 23.3. The van der Waals surface area contributed by atoms with Crippen molar-refractivity contribution >= 4 is 9.84 Å². The molecule has 0 N–H and O–H groups in total. The van der Waals surface area contributed by atoms with Gasteiger partial charge in [-0.05, 0) is 82.1 Å². The zero-order valence-electron chi connectivity index (χ0n) is 19.5. The van der Waals surface area contributed by atoms with Crippen LogP contribution in [0.1, 0.15) is 55.9 Å². The van der Waals surface area contributed by atoms with Crippen molar-refractivity contribution in [2.24, 2.45) is 17.8 Å². The van der Waals surface area contributed by atoms with E-state index in [1.165, 1.54) is 25.7 Å². The Balaban J connectivity index is 1.41. The van der Waals surface area contributed by atoms with Gasteiger partial charge in [-0.2, -0.15) is 4.98 Å². The fourth-order valence-electron chi connectivity index (χ4n) is 5.77. The molecule has 5 rings (SSSR count). The first-order valence-corrected chi connectivity index (χ1v) is 13.2. The second-order valence-corrected chi connectivity index (χ2v) is 11.4. The van der Waals surface area contributed by atoms with E-state index in [4.69, 9.17) is 9.26 Å². The molecule has 2 fully saturated rings. The van der Waals surface area contributed by atoms with E-state index in [0.29, 0.717) is 23.4 Å². The summed E-state index contributed by atoms with van der Waals surface area (Å²) in [6.07, 6.45) is 5.02. The Labute approximate surface area is 194 Å². The van der Waals surface area contributed by atoms with E-state index in [2.05, 4.69) is 22.0 Å². The predicted molar refractivity (Wildman–Crippen MR) is 123 cm³/mol. The van der Waals surface area contributed by atoms with Gasteiger partial charge in [-0.1, -0.05) is 11.6 Å². The molecular formula is C24H30N4O4S. The Hall–Kier alpha value is -2.68. The van der Waals surface area contributed by atoms with Crippen LogP contribution >= 0.6 is 0 Å². The lowest BCUT2D eigenvalue weighted by molar-refractivity contribution is 0.231. The average Bonchev–Trinajstić information content (AvgIpc) is 3.59. The highest BCUT2D eigenvalue weighted by atomic mass is 32.2. The van der Waals surface area contributed by atoms with Gasteiger partial charge >= 0.3 is 0 Å². The third-order valence-electron chi connectivity index (χ3n) is 7.58. The highest BCUT2D eigenvalue weighted by Crippen LogP contribution is 2.52. The molecule has 2 aliphatic carbocycles. The highest BCUT2D eigenvalue weighted by Gasteiger charge is 2.43. The molecular weight excluding hydrogens is 440 g/mol. The molecule has 2 saturated carbocycles. The van der Waals surface area contributed by atoms with Gasteiger partial charge < -0.3 is 13.8 Å². The molecule has 176 valence electrons. The van der Waals surface area contributed by atoms with Crippen molar-refractivity contribution in [3.05, 3.63) is 41.5 Å². The topological polar surface area (TPSA) is 100 Å². The van der Waals surface area contributed by atoms with Crippen LogP contribution < -0.4 is 4.74 Å². The van der Waals surface area contributed by atoms with Gasteiger partial charge in [-0.15, -0.1) is 0 Å². The number of sulfone groups is 1. The van der Waals surface area contributed by atoms with Crippen LogP contribution in [0.25, 0.3) is 11.4 Å². The molecule has 9 heteroatoms. The Bertz CT molecular complexity index is 1260. The summed E-state index contributed by atoms with van der Waals surface area (Å²) in [5, 5.41) is 4.08. The van der Waals surface area contributed by atoms with Crippen LogP contribution in [0.5, 0.6) is 5.75 Å². The van der Waals surface area contributed by atoms with Gasteiger partial charge in [-0.25, -0.2) is 13.4 Å². The molecule has 4 atom stereocenters. The van der Waals surface area contributed by atoms with Gasteiger partial charge in [0.1, 0.15) is 11.5 Å². The number of aromatic nitrogens is 4. The summed E-state index contributed by atoms with van der Waals surface area (Å²) < 4.78 is 39.3. The maximum absolute atomic E-state index is 13.5. The van der Waals surface area contributed by atoms with E-state index in [1.54, 1.807) is 31.4 Å². The first-order valence-electron chi connectivity index (χ1n) is 11.5. The van der Waals surface area contributed by atoms with Gasteiger partial charge in [0.05, 0.1) is 12.8 Å². The minimum Gasteiger partial charge on any atom is -0.497 e. The molecule has 1 aromatic carbocycles. The lowest BCUT2D eigenvalue weighted by Crippen LogP contribution is -2.25. The SMILES string of the molecule is COc1ccc(-c2noc(CS(=O)(=O)c3nc(C)c(C)n3C(C)C3CC4CCC3C4)n2)cc1. The van der Waals surface area contributed by atoms with Crippen LogP contribution in [0.3, 0.4) is 0 Å². The van der Waals surface area contributed by atoms with E-state index in [1.807, 2.05) is 18.4 Å². The number of imidazole rings is 1. The first-order chi connectivity index (χ1) is 15.8. The molecule has 4 unspecified atom stereocenters. The molecule has 33 heavy (non-hydrogen) atoms. The van der Waals surface area contributed by atoms with Crippen LogP contribution in [-0.2, 0) is 15.6 Å². The number of ether oxygens (including phenoxy) is 1. The summed E-state index contributed by atoms with van der Waals surface area (Å²) in [6, 6.07) is 7.28. The van der Waals surface area contributed by atoms with Gasteiger partial charge in [0, 0.05) is 17.3 Å². The van der Waals surface area contributed by atoms with E-state index < -0.39 is 9.84 Å². The molecule has 8 nitrogen and oxygen atoms in total. The number of nitrogens with zero attached hydrogens (tertiary/aromatic N) is 4. The van der Waals surface area contributed by atoms with Crippen molar-refractivity contribution in [3.63, 3.8) is 0 Å². The summed E-state index contributed by atoms with van der Waals surface area (Å²) in [5.41, 5.74) is 2.38. The van der Waals surface area contributed by atoms with Crippen LogP contribution in [-0.4, -0.2) is 35.2 Å². The van der Waals surface area contributed by atoms with Gasteiger partial charge in [0.15, 0.2) is 0 Å². The standard InChI is InChI=1S/C24H30N4O4S/c1-14-15(2)28(16(3)21-12-17-5-6-19(21)11-17)24(25-14)33(29,30)13-22-26-23(27-32-22)18-7-9-20(31-4)10-8-18/h7-10,16-17,19,21H,5-6,11-13H2,1-4H3. The molecule has 0 saturated heterocycles. The van der Waals surface area contributed by atoms with Gasteiger partial charge in [-0.3, -0.25) is 0 Å². The van der Waals surface area contributed by atoms with E-state index in [9.17, 15) is 8.42 Å². The molecule has 3 aromatic rings. The van der Waals surface area contributed by atoms with Crippen molar-refractivity contribution in [1.82, 2.24) is 19.7 Å². The second kappa shape index (κ2) is 8.27. The largest absolute Gasteiger partial charge is 0.497 e. The smallest absolute Gasteiger partial charge is 0.242 e. The maximum Gasteiger partial charge on any atom is 0.242 e. The Morgan fingerprint density at radius 2 is 1.91 bits per heavy atom. The van der Waals surface area contributed by atoms with Crippen molar-refractivity contribution in [1.29, 1.82) is 0 Å². The number of benzene rings is 1. The maximum atomic E-state index is 13.5. The van der Waals surface area contributed by atoms with Gasteiger partial charge in [0.25, 0.3) is 0 Å². The highest BCUT2D eigenvalue weighted by molar-refractivity contribution is 7.90. The van der Waals surface area contributed by atoms with E-state index in [0.717, 1.165) is 22.9 Å². The number of methoxy groups -OCH3 is 1. The van der Waals surface area contributed by atoms with Crippen molar-refractivity contribution in [3.8, 4) is 17.1 Å². The number of hydrogen-bond acceptors (Lipinski definition) is 7. The first kappa shape index (κ1) is 22.1. The quantitative estimate of drug-likeness (QED) is 0.500.